The van der Waals surface area contributed by atoms with Crippen LogP contribution >= 0.6 is 0 Å². The molecule has 0 saturated carbocycles. The van der Waals surface area contributed by atoms with Crippen molar-refractivity contribution in [3.63, 3.8) is 0 Å². The summed E-state index contributed by atoms with van der Waals surface area (Å²) in [5, 5.41) is -0.531. The van der Waals surface area contributed by atoms with Crippen LogP contribution in [0.15, 0.2) is 23.4 Å². The Bertz CT molecular complexity index is 536. The van der Waals surface area contributed by atoms with Gasteiger partial charge in [-0.05, 0) is 38.1 Å². The summed E-state index contributed by atoms with van der Waals surface area (Å²) < 4.78 is 39.8. The number of likely N-dealkylation sites (N-methyl/N-ethyl adjacent to an activating group) is 1. The summed E-state index contributed by atoms with van der Waals surface area (Å²) in [6.07, 6.45) is 3.30. The number of pyridine rings is 1. The number of likely N-dealkylation sites (tertiary alicyclic amines) is 1. The predicted octanol–water partition coefficient (Wildman–Crippen LogP) is 0.983. The maximum absolute atomic E-state index is 13.4. The zero-order chi connectivity index (χ0) is 13.9. The normalized spacial score (nSPS) is 20.8. The van der Waals surface area contributed by atoms with Crippen molar-refractivity contribution >= 4 is 10.0 Å². The van der Waals surface area contributed by atoms with Crippen LogP contribution in [-0.4, -0.2) is 44.0 Å². The second kappa shape index (κ2) is 5.94. The molecule has 0 amide bonds. The highest BCUT2D eigenvalue weighted by atomic mass is 32.2. The summed E-state index contributed by atoms with van der Waals surface area (Å²) in [6.45, 7) is 4.22. The van der Waals surface area contributed by atoms with E-state index in [9.17, 15) is 12.8 Å². The third-order valence-corrected chi connectivity index (χ3v) is 4.75. The van der Waals surface area contributed by atoms with Gasteiger partial charge in [-0.3, -0.25) is 4.90 Å². The van der Waals surface area contributed by atoms with E-state index in [1.165, 1.54) is 12.3 Å². The van der Waals surface area contributed by atoms with Crippen LogP contribution in [0.2, 0.25) is 0 Å². The average Bonchev–Trinajstić information content (AvgIpc) is 2.84. The highest BCUT2D eigenvalue weighted by molar-refractivity contribution is 7.89. The molecule has 0 bridgehead atoms. The SMILES string of the molecule is CCN1CCCC1CNS(=O)(=O)c1ncccc1F. The fraction of sp³-hybridized carbons (Fsp3) is 0.583. The standard InChI is InChI=1S/C12H18FN3O2S/c1-2-16-8-4-5-10(16)9-15-19(17,18)12-11(13)6-3-7-14-12/h3,6-7,10,15H,2,4-5,8-9H2,1H3. The summed E-state index contributed by atoms with van der Waals surface area (Å²) in [5.41, 5.74) is 0. The molecular weight excluding hydrogens is 269 g/mol. The fourth-order valence-electron chi connectivity index (χ4n) is 2.39. The van der Waals surface area contributed by atoms with Gasteiger partial charge in [0.05, 0.1) is 0 Å². The summed E-state index contributed by atoms with van der Waals surface area (Å²) in [7, 11) is -3.87. The Morgan fingerprint density at radius 1 is 1.58 bits per heavy atom. The topological polar surface area (TPSA) is 62.3 Å². The second-order valence-corrected chi connectivity index (χ2v) is 6.25. The molecule has 1 fully saturated rings. The van der Waals surface area contributed by atoms with Gasteiger partial charge in [0.25, 0.3) is 10.0 Å². The van der Waals surface area contributed by atoms with Crippen LogP contribution in [0.25, 0.3) is 0 Å². The molecule has 1 aliphatic rings. The predicted molar refractivity (Wildman–Crippen MR) is 69.7 cm³/mol. The van der Waals surface area contributed by atoms with E-state index in [1.807, 2.05) is 6.92 Å². The lowest BCUT2D eigenvalue weighted by Gasteiger charge is -2.22. The summed E-state index contributed by atoms with van der Waals surface area (Å²) >= 11 is 0. The fourth-order valence-corrected chi connectivity index (χ4v) is 3.46. The number of nitrogens with zero attached hydrogens (tertiary/aromatic N) is 2. The molecule has 0 spiro atoms. The molecule has 1 unspecified atom stereocenters. The van der Waals surface area contributed by atoms with Crippen LogP contribution in [0.3, 0.4) is 0 Å². The van der Waals surface area contributed by atoms with Gasteiger partial charge in [0.2, 0.25) is 5.03 Å². The molecule has 7 heteroatoms. The van der Waals surface area contributed by atoms with Crippen molar-refractivity contribution in [2.75, 3.05) is 19.6 Å². The molecule has 0 aromatic carbocycles. The van der Waals surface area contributed by atoms with Crippen LogP contribution in [0.4, 0.5) is 4.39 Å². The van der Waals surface area contributed by atoms with Gasteiger partial charge in [-0.25, -0.2) is 22.5 Å². The van der Waals surface area contributed by atoms with E-state index in [0.717, 1.165) is 32.0 Å². The van der Waals surface area contributed by atoms with E-state index in [-0.39, 0.29) is 6.04 Å². The van der Waals surface area contributed by atoms with Gasteiger partial charge < -0.3 is 0 Å². The molecule has 19 heavy (non-hydrogen) atoms. The zero-order valence-electron chi connectivity index (χ0n) is 10.8. The minimum Gasteiger partial charge on any atom is -0.299 e. The molecule has 106 valence electrons. The number of sulfonamides is 1. The lowest BCUT2D eigenvalue weighted by Crippen LogP contribution is -2.40. The first-order valence-corrected chi connectivity index (χ1v) is 7.87. The highest BCUT2D eigenvalue weighted by Crippen LogP contribution is 2.17. The van der Waals surface area contributed by atoms with Crippen molar-refractivity contribution in [1.82, 2.24) is 14.6 Å². The molecule has 0 radical (unpaired) electrons. The Balaban J connectivity index is 2.04. The Hall–Kier alpha value is -1.05. The third kappa shape index (κ3) is 3.29. The van der Waals surface area contributed by atoms with Crippen LogP contribution in [0.5, 0.6) is 0 Å². The van der Waals surface area contributed by atoms with E-state index in [4.69, 9.17) is 0 Å². The molecule has 2 rings (SSSR count). The number of rotatable bonds is 5. The van der Waals surface area contributed by atoms with Crippen LogP contribution in [0.1, 0.15) is 19.8 Å². The lowest BCUT2D eigenvalue weighted by molar-refractivity contribution is 0.268. The molecule has 0 aliphatic carbocycles. The molecule has 1 saturated heterocycles. The highest BCUT2D eigenvalue weighted by Gasteiger charge is 2.26. The first-order valence-electron chi connectivity index (χ1n) is 6.39. The quantitative estimate of drug-likeness (QED) is 0.877. The van der Waals surface area contributed by atoms with Gasteiger partial charge in [0.15, 0.2) is 5.82 Å². The molecule has 1 aromatic heterocycles. The third-order valence-electron chi connectivity index (χ3n) is 3.39. The molecule has 5 nitrogen and oxygen atoms in total. The van der Waals surface area contributed by atoms with Crippen LogP contribution in [0, 0.1) is 5.82 Å². The summed E-state index contributed by atoms with van der Waals surface area (Å²) in [5.74, 6) is -0.825. The lowest BCUT2D eigenvalue weighted by atomic mass is 10.2. The Morgan fingerprint density at radius 2 is 2.37 bits per heavy atom. The number of nitrogens with one attached hydrogen (secondary N) is 1. The zero-order valence-corrected chi connectivity index (χ0v) is 11.7. The van der Waals surface area contributed by atoms with Crippen molar-refractivity contribution < 1.29 is 12.8 Å². The van der Waals surface area contributed by atoms with E-state index in [1.54, 1.807) is 0 Å². The Labute approximate surface area is 112 Å². The Kier molecular flexibility index (Phi) is 4.49. The van der Waals surface area contributed by atoms with Crippen molar-refractivity contribution in [1.29, 1.82) is 0 Å². The van der Waals surface area contributed by atoms with Crippen molar-refractivity contribution in [2.45, 2.75) is 30.8 Å². The minimum atomic E-state index is -3.87. The van der Waals surface area contributed by atoms with Crippen molar-refractivity contribution in [2.24, 2.45) is 0 Å². The van der Waals surface area contributed by atoms with E-state index in [2.05, 4.69) is 14.6 Å². The monoisotopic (exact) mass is 287 g/mol. The van der Waals surface area contributed by atoms with Gasteiger partial charge in [-0.2, -0.15) is 0 Å². The summed E-state index contributed by atoms with van der Waals surface area (Å²) in [6, 6.07) is 2.64. The largest absolute Gasteiger partial charge is 0.299 e. The summed E-state index contributed by atoms with van der Waals surface area (Å²) in [4.78, 5) is 5.81. The smallest absolute Gasteiger partial charge is 0.261 e. The first kappa shape index (κ1) is 14.4. The molecule has 1 aromatic rings. The van der Waals surface area contributed by atoms with Crippen molar-refractivity contribution in [3.05, 3.63) is 24.1 Å². The molecular formula is C12H18FN3O2S. The van der Waals surface area contributed by atoms with Gasteiger partial charge in [-0.1, -0.05) is 6.92 Å². The van der Waals surface area contributed by atoms with Crippen LogP contribution < -0.4 is 4.72 Å². The molecule has 2 heterocycles. The molecule has 1 N–H and O–H groups in total. The number of aromatic nitrogens is 1. The minimum absolute atomic E-state index is 0.187. The van der Waals surface area contributed by atoms with Gasteiger partial charge in [-0.15, -0.1) is 0 Å². The van der Waals surface area contributed by atoms with E-state index in [0.29, 0.717) is 6.54 Å². The maximum Gasteiger partial charge on any atom is 0.261 e. The van der Waals surface area contributed by atoms with Crippen LogP contribution in [-0.2, 0) is 10.0 Å². The molecule has 1 atom stereocenters. The second-order valence-electron chi connectivity index (χ2n) is 4.57. The maximum atomic E-state index is 13.4. The van der Waals surface area contributed by atoms with Gasteiger partial charge in [0.1, 0.15) is 0 Å². The Morgan fingerprint density at radius 3 is 3.05 bits per heavy atom. The first-order chi connectivity index (χ1) is 9.04. The number of hydrogen-bond acceptors (Lipinski definition) is 4. The molecule has 1 aliphatic heterocycles. The van der Waals surface area contributed by atoms with E-state index < -0.39 is 20.9 Å². The number of hydrogen-bond donors (Lipinski definition) is 1. The van der Waals surface area contributed by atoms with Gasteiger partial charge >= 0.3 is 0 Å². The van der Waals surface area contributed by atoms with E-state index >= 15 is 0 Å². The van der Waals surface area contributed by atoms with Crippen molar-refractivity contribution in [3.8, 4) is 0 Å². The number of halogens is 1. The average molecular weight is 287 g/mol. The van der Waals surface area contributed by atoms with Gasteiger partial charge in [0, 0.05) is 18.8 Å².